The van der Waals surface area contributed by atoms with E-state index in [1.807, 2.05) is 6.07 Å². The number of hydrogen-bond acceptors (Lipinski definition) is 5. The monoisotopic (exact) mass is 453 g/mol. The number of carbonyl (C=O) groups is 1. The van der Waals surface area contributed by atoms with Crippen LogP contribution in [-0.4, -0.2) is 22.4 Å². The van der Waals surface area contributed by atoms with E-state index < -0.39 is 11.7 Å². The predicted octanol–water partition coefficient (Wildman–Crippen LogP) is 5.03. The first-order chi connectivity index (χ1) is 15.8. The average Bonchev–Trinajstić information content (AvgIpc) is 3.65. The van der Waals surface area contributed by atoms with Crippen molar-refractivity contribution in [2.24, 2.45) is 5.92 Å². The molecule has 1 aromatic heterocycles. The molecule has 0 bridgehead atoms. The molecule has 1 amide bonds. The first-order valence-corrected chi connectivity index (χ1v) is 10.4. The van der Waals surface area contributed by atoms with Crippen LogP contribution in [0.15, 0.2) is 54.7 Å². The number of hydrogen-bond donors (Lipinski definition) is 2. The Hall–Kier alpha value is -3.93. The zero-order chi connectivity index (χ0) is 23.4. The average molecular weight is 453 g/mol. The summed E-state index contributed by atoms with van der Waals surface area (Å²) in [5.74, 6) is 0.253. The first kappa shape index (κ1) is 22.3. The van der Waals surface area contributed by atoms with Crippen LogP contribution in [0.25, 0.3) is 11.3 Å². The van der Waals surface area contributed by atoms with E-state index in [-0.39, 0.29) is 31.0 Å². The lowest BCUT2D eigenvalue weighted by Crippen LogP contribution is -2.26. The molecule has 0 unspecified atom stereocenters. The van der Waals surface area contributed by atoms with Crippen molar-refractivity contribution in [1.82, 2.24) is 15.3 Å². The van der Waals surface area contributed by atoms with Crippen molar-refractivity contribution in [2.75, 3.05) is 11.9 Å². The Morgan fingerprint density at radius 1 is 1.15 bits per heavy atom. The van der Waals surface area contributed by atoms with E-state index in [1.54, 1.807) is 24.3 Å². The number of carbonyl (C=O) groups excluding carboxylic acids is 1. The summed E-state index contributed by atoms with van der Waals surface area (Å²) in [4.78, 5) is 21.3. The molecule has 33 heavy (non-hydrogen) atoms. The van der Waals surface area contributed by atoms with Crippen molar-refractivity contribution in [3.8, 4) is 17.3 Å². The van der Waals surface area contributed by atoms with Crippen LogP contribution in [0.1, 0.15) is 41.3 Å². The number of anilines is 1. The van der Waals surface area contributed by atoms with Gasteiger partial charge in [0.2, 0.25) is 5.95 Å². The molecular formula is C24H22F3N5O. The summed E-state index contributed by atoms with van der Waals surface area (Å²) in [7, 11) is 0. The van der Waals surface area contributed by atoms with Crippen molar-refractivity contribution in [1.29, 1.82) is 5.26 Å². The van der Waals surface area contributed by atoms with Gasteiger partial charge in [0.05, 0.1) is 28.5 Å². The molecule has 170 valence electrons. The maximum absolute atomic E-state index is 13.3. The van der Waals surface area contributed by atoms with Crippen LogP contribution in [0.4, 0.5) is 19.1 Å². The second-order valence-corrected chi connectivity index (χ2v) is 7.81. The summed E-state index contributed by atoms with van der Waals surface area (Å²) in [6.07, 6.45) is -0.944. The molecule has 4 rings (SSSR count). The maximum atomic E-state index is 13.3. The fraction of sp³-hybridized carbons (Fsp3) is 0.250. The van der Waals surface area contributed by atoms with Gasteiger partial charge in [-0.3, -0.25) is 4.79 Å². The fourth-order valence-electron chi connectivity index (χ4n) is 3.34. The third kappa shape index (κ3) is 5.47. The highest BCUT2D eigenvalue weighted by Gasteiger charge is 2.32. The van der Waals surface area contributed by atoms with Gasteiger partial charge in [-0.1, -0.05) is 30.3 Å². The zero-order valence-electron chi connectivity index (χ0n) is 17.5. The van der Waals surface area contributed by atoms with Gasteiger partial charge < -0.3 is 10.6 Å². The summed E-state index contributed by atoms with van der Waals surface area (Å²) >= 11 is 0. The van der Waals surface area contributed by atoms with Crippen LogP contribution < -0.4 is 10.6 Å². The zero-order valence-corrected chi connectivity index (χ0v) is 17.5. The Bertz CT molecular complexity index is 1200. The topological polar surface area (TPSA) is 90.7 Å². The lowest BCUT2D eigenvalue weighted by atomic mass is 10.0. The summed E-state index contributed by atoms with van der Waals surface area (Å²) in [6.45, 7) is 0.426. The Morgan fingerprint density at radius 3 is 2.55 bits per heavy atom. The predicted molar refractivity (Wildman–Crippen MR) is 118 cm³/mol. The van der Waals surface area contributed by atoms with E-state index in [4.69, 9.17) is 5.26 Å². The molecule has 2 aromatic carbocycles. The van der Waals surface area contributed by atoms with Gasteiger partial charge in [0.15, 0.2) is 0 Å². The first-order valence-electron chi connectivity index (χ1n) is 10.4. The SMILES string of the molecule is N#Cc1ccc(-c2nc(NCc3ccccc3C(F)(F)F)ncc2C(=O)NCC2CC2)cc1.[HH]. The number of benzene rings is 2. The van der Waals surface area contributed by atoms with E-state index in [1.165, 1.54) is 24.4 Å². The quantitative estimate of drug-likeness (QED) is 0.524. The van der Waals surface area contributed by atoms with Gasteiger partial charge in [-0.05, 0) is 42.5 Å². The molecular weight excluding hydrogens is 431 g/mol. The van der Waals surface area contributed by atoms with E-state index in [2.05, 4.69) is 20.6 Å². The second-order valence-electron chi connectivity index (χ2n) is 7.81. The molecule has 0 radical (unpaired) electrons. The fourth-order valence-corrected chi connectivity index (χ4v) is 3.34. The molecule has 6 nitrogen and oxygen atoms in total. The van der Waals surface area contributed by atoms with Gasteiger partial charge in [0.1, 0.15) is 0 Å². The summed E-state index contributed by atoms with van der Waals surface area (Å²) in [6, 6.07) is 13.9. The van der Waals surface area contributed by atoms with Crippen LogP contribution >= 0.6 is 0 Å². The minimum atomic E-state index is -4.48. The molecule has 2 N–H and O–H groups in total. The molecule has 1 aliphatic rings. The van der Waals surface area contributed by atoms with Gasteiger partial charge in [-0.2, -0.15) is 18.4 Å². The molecule has 1 fully saturated rings. The standard InChI is InChI=1S/C24H20F3N5O.H2/c25-24(26,27)20-4-2-1-3-18(20)13-30-23-31-14-19(22(33)29-12-16-5-6-16)21(32-23)17-9-7-15(11-28)8-10-17;/h1-4,7-10,14,16H,5-6,12-13H2,(H,29,33)(H,30,31,32);1H. The molecule has 0 saturated heterocycles. The Morgan fingerprint density at radius 2 is 1.88 bits per heavy atom. The Balaban J connectivity index is 0.00000324. The minimum absolute atomic E-state index is 0. The van der Waals surface area contributed by atoms with Crippen molar-refractivity contribution < 1.29 is 19.4 Å². The summed E-state index contributed by atoms with van der Waals surface area (Å²) < 4.78 is 39.8. The lowest BCUT2D eigenvalue weighted by molar-refractivity contribution is -0.138. The van der Waals surface area contributed by atoms with Gasteiger partial charge in [0, 0.05) is 26.3 Å². The van der Waals surface area contributed by atoms with Crippen LogP contribution in [0.2, 0.25) is 0 Å². The third-order valence-corrected chi connectivity index (χ3v) is 5.33. The number of rotatable bonds is 7. The number of nitrogens with one attached hydrogen (secondary N) is 2. The van der Waals surface area contributed by atoms with Crippen molar-refractivity contribution >= 4 is 11.9 Å². The largest absolute Gasteiger partial charge is 0.416 e. The molecule has 1 heterocycles. The smallest absolute Gasteiger partial charge is 0.352 e. The molecule has 0 aliphatic heterocycles. The highest BCUT2D eigenvalue weighted by atomic mass is 19.4. The van der Waals surface area contributed by atoms with Crippen molar-refractivity contribution in [3.05, 3.63) is 77.0 Å². The normalized spacial score (nSPS) is 13.3. The van der Waals surface area contributed by atoms with E-state index in [0.717, 1.165) is 18.9 Å². The molecule has 3 aromatic rings. The third-order valence-electron chi connectivity index (χ3n) is 5.33. The number of alkyl halides is 3. The van der Waals surface area contributed by atoms with Gasteiger partial charge in [-0.25, -0.2) is 9.97 Å². The van der Waals surface area contributed by atoms with Crippen molar-refractivity contribution in [3.63, 3.8) is 0 Å². The van der Waals surface area contributed by atoms with E-state index in [9.17, 15) is 18.0 Å². The van der Waals surface area contributed by atoms with Gasteiger partial charge in [-0.15, -0.1) is 0 Å². The molecule has 0 spiro atoms. The molecule has 1 saturated carbocycles. The van der Waals surface area contributed by atoms with Crippen LogP contribution in [-0.2, 0) is 12.7 Å². The molecule has 9 heteroatoms. The van der Waals surface area contributed by atoms with Crippen LogP contribution in [0, 0.1) is 17.2 Å². The Labute approximate surface area is 190 Å². The summed E-state index contributed by atoms with van der Waals surface area (Å²) in [5.41, 5.74) is 0.943. The number of nitrogens with zero attached hydrogens (tertiary/aromatic N) is 3. The second kappa shape index (κ2) is 9.28. The highest BCUT2D eigenvalue weighted by Crippen LogP contribution is 2.32. The maximum Gasteiger partial charge on any atom is 0.416 e. The van der Waals surface area contributed by atoms with E-state index >= 15 is 0 Å². The van der Waals surface area contributed by atoms with Crippen LogP contribution in [0.3, 0.4) is 0 Å². The highest BCUT2D eigenvalue weighted by molar-refractivity contribution is 5.99. The van der Waals surface area contributed by atoms with Gasteiger partial charge in [0.25, 0.3) is 5.91 Å². The number of halogens is 3. The molecule has 1 aliphatic carbocycles. The van der Waals surface area contributed by atoms with Crippen molar-refractivity contribution in [2.45, 2.75) is 25.6 Å². The van der Waals surface area contributed by atoms with E-state index in [0.29, 0.717) is 29.3 Å². The number of amides is 1. The number of aromatic nitrogens is 2. The lowest BCUT2D eigenvalue weighted by Gasteiger charge is -2.14. The van der Waals surface area contributed by atoms with Crippen LogP contribution in [0.5, 0.6) is 0 Å². The van der Waals surface area contributed by atoms with Gasteiger partial charge >= 0.3 is 6.18 Å². The number of nitriles is 1. The summed E-state index contributed by atoms with van der Waals surface area (Å²) in [5, 5.41) is 14.7. The molecule has 0 atom stereocenters. The Kier molecular flexibility index (Phi) is 6.27. The minimum Gasteiger partial charge on any atom is -0.352 e.